The van der Waals surface area contributed by atoms with Crippen molar-refractivity contribution in [2.24, 2.45) is 0 Å². The van der Waals surface area contributed by atoms with Crippen LogP contribution >= 0.6 is 0 Å². The normalized spacial score (nSPS) is 9.77. The van der Waals surface area contributed by atoms with Gasteiger partial charge in [-0.15, -0.1) is 0 Å². The molecular weight excluding hydrogens is 164 g/mol. The number of methoxy groups -OCH3 is 1. The molecule has 0 aromatic heterocycles. The van der Waals surface area contributed by atoms with Crippen LogP contribution in [0.4, 0.5) is 0 Å². The fraction of sp³-hybridized carbons (Fsp3) is 0.364. The maximum atomic E-state index is 10.7. The molecule has 2 heteroatoms. The van der Waals surface area contributed by atoms with Gasteiger partial charge < -0.3 is 4.74 Å². The number of aryl methyl sites for hydroxylation is 2. The summed E-state index contributed by atoms with van der Waals surface area (Å²) in [6.45, 7) is 3.95. The van der Waals surface area contributed by atoms with Gasteiger partial charge in [-0.2, -0.15) is 0 Å². The van der Waals surface area contributed by atoms with Crippen molar-refractivity contribution in [1.29, 1.82) is 0 Å². The Morgan fingerprint density at radius 1 is 1.46 bits per heavy atom. The highest BCUT2D eigenvalue weighted by Gasteiger charge is 2.05. The standard InChI is InChI=1S/C11H14O2/c1-4-9-6-10(7-12)8(2)5-11(9)13-3/h5-7H,4H2,1-3H3. The summed E-state index contributed by atoms with van der Waals surface area (Å²) in [4.78, 5) is 10.7. The van der Waals surface area contributed by atoms with Crippen LogP contribution in [0.5, 0.6) is 5.75 Å². The Bertz CT molecular complexity index is 316. The molecule has 0 aliphatic heterocycles. The van der Waals surface area contributed by atoms with Crippen LogP contribution < -0.4 is 4.74 Å². The monoisotopic (exact) mass is 178 g/mol. The molecular formula is C11H14O2. The average molecular weight is 178 g/mol. The average Bonchev–Trinajstić information content (AvgIpc) is 2.17. The van der Waals surface area contributed by atoms with Crippen LogP contribution in [0.15, 0.2) is 12.1 Å². The number of aldehydes is 1. The van der Waals surface area contributed by atoms with Crippen molar-refractivity contribution in [3.63, 3.8) is 0 Å². The van der Waals surface area contributed by atoms with Crippen molar-refractivity contribution >= 4 is 6.29 Å². The molecule has 0 radical (unpaired) electrons. The SMILES string of the molecule is CCc1cc(C=O)c(C)cc1OC. The van der Waals surface area contributed by atoms with Gasteiger partial charge in [0.25, 0.3) is 0 Å². The fourth-order valence-corrected chi connectivity index (χ4v) is 1.34. The number of rotatable bonds is 3. The number of hydrogen-bond acceptors (Lipinski definition) is 2. The van der Waals surface area contributed by atoms with Crippen LogP contribution in [0.1, 0.15) is 28.4 Å². The van der Waals surface area contributed by atoms with E-state index < -0.39 is 0 Å². The van der Waals surface area contributed by atoms with E-state index in [9.17, 15) is 4.79 Å². The highest BCUT2D eigenvalue weighted by Crippen LogP contribution is 2.22. The van der Waals surface area contributed by atoms with E-state index in [1.54, 1.807) is 7.11 Å². The topological polar surface area (TPSA) is 26.3 Å². The Kier molecular flexibility index (Phi) is 3.07. The molecule has 0 atom stereocenters. The molecule has 1 aromatic carbocycles. The fourth-order valence-electron chi connectivity index (χ4n) is 1.34. The molecule has 2 nitrogen and oxygen atoms in total. The van der Waals surface area contributed by atoms with Gasteiger partial charge in [0.2, 0.25) is 0 Å². The van der Waals surface area contributed by atoms with Gasteiger partial charge in [0.05, 0.1) is 7.11 Å². The molecule has 0 fully saturated rings. The largest absolute Gasteiger partial charge is 0.496 e. The van der Waals surface area contributed by atoms with E-state index in [1.807, 2.05) is 26.0 Å². The summed E-state index contributed by atoms with van der Waals surface area (Å²) >= 11 is 0. The summed E-state index contributed by atoms with van der Waals surface area (Å²) in [6, 6.07) is 3.80. The van der Waals surface area contributed by atoms with Crippen molar-refractivity contribution in [1.82, 2.24) is 0 Å². The van der Waals surface area contributed by atoms with Crippen molar-refractivity contribution in [2.45, 2.75) is 20.3 Å². The lowest BCUT2D eigenvalue weighted by molar-refractivity contribution is 0.112. The Morgan fingerprint density at radius 2 is 2.15 bits per heavy atom. The van der Waals surface area contributed by atoms with E-state index in [-0.39, 0.29) is 0 Å². The predicted octanol–water partition coefficient (Wildman–Crippen LogP) is 2.38. The van der Waals surface area contributed by atoms with Crippen LogP contribution in [-0.4, -0.2) is 13.4 Å². The zero-order valence-corrected chi connectivity index (χ0v) is 8.26. The third-order valence-electron chi connectivity index (χ3n) is 2.18. The molecule has 0 saturated heterocycles. The number of ether oxygens (including phenoxy) is 1. The molecule has 0 heterocycles. The quantitative estimate of drug-likeness (QED) is 0.664. The van der Waals surface area contributed by atoms with Gasteiger partial charge in [-0.1, -0.05) is 6.92 Å². The Morgan fingerprint density at radius 3 is 2.62 bits per heavy atom. The maximum Gasteiger partial charge on any atom is 0.150 e. The third-order valence-corrected chi connectivity index (χ3v) is 2.18. The van der Waals surface area contributed by atoms with Crippen LogP contribution in [0.25, 0.3) is 0 Å². The van der Waals surface area contributed by atoms with E-state index in [2.05, 4.69) is 0 Å². The molecule has 13 heavy (non-hydrogen) atoms. The second-order valence-electron chi connectivity index (χ2n) is 2.99. The molecule has 0 bridgehead atoms. The van der Waals surface area contributed by atoms with E-state index >= 15 is 0 Å². The van der Waals surface area contributed by atoms with Crippen molar-refractivity contribution < 1.29 is 9.53 Å². The van der Waals surface area contributed by atoms with Crippen molar-refractivity contribution in [2.75, 3.05) is 7.11 Å². The second kappa shape index (κ2) is 4.08. The predicted molar refractivity (Wildman–Crippen MR) is 52.5 cm³/mol. The minimum Gasteiger partial charge on any atom is -0.496 e. The van der Waals surface area contributed by atoms with E-state index in [0.29, 0.717) is 0 Å². The Labute approximate surface area is 78.5 Å². The van der Waals surface area contributed by atoms with Gasteiger partial charge in [-0.25, -0.2) is 0 Å². The minimum absolute atomic E-state index is 0.748. The molecule has 0 amide bonds. The molecule has 1 aromatic rings. The van der Waals surface area contributed by atoms with Gasteiger partial charge in [0.15, 0.2) is 0 Å². The summed E-state index contributed by atoms with van der Waals surface area (Å²) in [5, 5.41) is 0. The Balaban J connectivity index is 3.26. The van der Waals surface area contributed by atoms with E-state index in [1.165, 1.54) is 0 Å². The first-order valence-electron chi connectivity index (χ1n) is 4.35. The van der Waals surface area contributed by atoms with Crippen LogP contribution in [0.3, 0.4) is 0 Å². The van der Waals surface area contributed by atoms with E-state index in [4.69, 9.17) is 4.74 Å². The zero-order chi connectivity index (χ0) is 9.84. The van der Waals surface area contributed by atoms with Gasteiger partial charge in [0.1, 0.15) is 12.0 Å². The lowest BCUT2D eigenvalue weighted by Crippen LogP contribution is -1.95. The van der Waals surface area contributed by atoms with Gasteiger partial charge in [-0.05, 0) is 36.6 Å². The van der Waals surface area contributed by atoms with Gasteiger partial charge >= 0.3 is 0 Å². The number of carbonyl (C=O) groups excluding carboxylic acids is 1. The summed E-state index contributed by atoms with van der Waals surface area (Å²) in [5.41, 5.74) is 2.79. The summed E-state index contributed by atoms with van der Waals surface area (Å²) in [6.07, 6.45) is 1.76. The summed E-state index contributed by atoms with van der Waals surface area (Å²) < 4.78 is 5.20. The maximum absolute atomic E-state index is 10.7. The molecule has 0 aliphatic carbocycles. The molecule has 0 aliphatic rings. The van der Waals surface area contributed by atoms with Crippen LogP contribution in [0.2, 0.25) is 0 Å². The molecule has 0 unspecified atom stereocenters. The lowest BCUT2D eigenvalue weighted by Gasteiger charge is -2.09. The van der Waals surface area contributed by atoms with E-state index in [0.717, 1.165) is 35.1 Å². The highest BCUT2D eigenvalue weighted by atomic mass is 16.5. The third kappa shape index (κ3) is 1.89. The molecule has 0 N–H and O–H groups in total. The number of carbonyl (C=O) groups is 1. The first-order chi connectivity index (χ1) is 6.22. The second-order valence-corrected chi connectivity index (χ2v) is 2.99. The van der Waals surface area contributed by atoms with Crippen LogP contribution in [-0.2, 0) is 6.42 Å². The molecule has 70 valence electrons. The first kappa shape index (κ1) is 9.78. The minimum atomic E-state index is 0.748. The smallest absolute Gasteiger partial charge is 0.150 e. The summed E-state index contributed by atoms with van der Waals surface area (Å²) in [5.74, 6) is 0.866. The Hall–Kier alpha value is -1.31. The number of hydrogen-bond donors (Lipinski definition) is 0. The zero-order valence-electron chi connectivity index (χ0n) is 8.26. The summed E-state index contributed by atoms with van der Waals surface area (Å²) in [7, 11) is 1.65. The number of benzene rings is 1. The van der Waals surface area contributed by atoms with Gasteiger partial charge in [-0.3, -0.25) is 4.79 Å². The molecule has 0 spiro atoms. The highest BCUT2D eigenvalue weighted by molar-refractivity contribution is 5.78. The van der Waals surface area contributed by atoms with Crippen molar-refractivity contribution in [3.8, 4) is 5.75 Å². The van der Waals surface area contributed by atoms with Gasteiger partial charge in [0, 0.05) is 5.56 Å². The first-order valence-corrected chi connectivity index (χ1v) is 4.35. The van der Waals surface area contributed by atoms with Crippen LogP contribution in [0, 0.1) is 6.92 Å². The van der Waals surface area contributed by atoms with Crippen molar-refractivity contribution in [3.05, 3.63) is 28.8 Å². The molecule has 1 rings (SSSR count). The lowest BCUT2D eigenvalue weighted by atomic mass is 10.0. The molecule has 0 saturated carbocycles.